The summed E-state index contributed by atoms with van der Waals surface area (Å²) in [5.74, 6) is -0.571. The molecule has 1 rings (SSSR count). The zero-order chi connectivity index (χ0) is 14.6. The summed E-state index contributed by atoms with van der Waals surface area (Å²) < 4.78 is 9.69. The first-order valence-electron chi connectivity index (χ1n) is 5.61. The van der Waals surface area contributed by atoms with Crippen molar-refractivity contribution in [2.45, 2.75) is 26.4 Å². The van der Waals surface area contributed by atoms with E-state index >= 15 is 0 Å². The summed E-state index contributed by atoms with van der Waals surface area (Å²) in [7, 11) is 1.26. The molecule has 0 aliphatic heterocycles. The molecular formula is C13H16ClNO4. The van der Waals surface area contributed by atoms with Gasteiger partial charge in [-0.2, -0.15) is 0 Å². The standard InChI is InChI=1S/C13H16ClNO4/c1-13(2,3)19-12(17)15-8-5-6-10(14)9(7-8)11(16)18-4/h5-7H,1-4H3,(H,15,17). The Morgan fingerprint density at radius 1 is 1.26 bits per heavy atom. The fourth-order valence-electron chi connectivity index (χ4n) is 1.29. The van der Waals surface area contributed by atoms with Crippen molar-refractivity contribution < 1.29 is 19.1 Å². The third-order valence-electron chi connectivity index (χ3n) is 2.02. The van der Waals surface area contributed by atoms with Gasteiger partial charge in [0, 0.05) is 5.69 Å². The Hall–Kier alpha value is -1.75. The van der Waals surface area contributed by atoms with Gasteiger partial charge in [0.05, 0.1) is 17.7 Å². The third-order valence-corrected chi connectivity index (χ3v) is 2.35. The molecule has 0 aliphatic carbocycles. The topological polar surface area (TPSA) is 64.6 Å². The van der Waals surface area contributed by atoms with E-state index in [1.54, 1.807) is 26.8 Å². The molecule has 19 heavy (non-hydrogen) atoms. The fraction of sp³-hybridized carbons (Fsp3) is 0.385. The molecule has 0 unspecified atom stereocenters. The van der Waals surface area contributed by atoms with E-state index in [-0.39, 0.29) is 10.6 Å². The van der Waals surface area contributed by atoms with E-state index in [4.69, 9.17) is 16.3 Å². The zero-order valence-electron chi connectivity index (χ0n) is 11.2. The van der Waals surface area contributed by atoms with Gasteiger partial charge in [-0.05, 0) is 39.0 Å². The van der Waals surface area contributed by atoms with Crippen molar-refractivity contribution in [2.75, 3.05) is 12.4 Å². The number of hydrogen-bond acceptors (Lipinski definition) is 4. The van der Waals surface area contributed by atoms with Gasteiger partial charge >= 0.3 is 12.1 Å². The minimum atomic E-state index is -0.606. The molecule has 1 aromatic rings. The van der Waals surface area contributed by atoms with Crippen LogP contribution in [0.3, 0.4) is 0 Å². The molecule has 1 N–H and O–H groups in total. The Bertz CT molecular complexity index is 494. The van der Waals surface area contributed by atoms with Crippen LogP contribution in [0.2, 0.25) is 5.02 Å². The predicted molar refractivity (Wildman–Crippen MR) is 72.6 cm³/mol. The van der Waals surface area contributed by atoms with Crippen LogP contribution in [0.25, 0.3) is 0 Å². The molecule has 0 saturated heterocycles. The molecule has 0 bridgehead atoms. The largest absolute Gasteiger partial charge is 0.465 e. The van der Waals surface area contributed by atoms with Crippen LogP contribution in [0.5, 0.6) is 0 Å². The summed E-state index contributed by atoms with van der Waals surface area (Å²) in [6, 6.07) is 4.50. The van der Waals surface area contributed by atoms with Gasteiger partial charge in [0.2, 0.25) is 0 Å². The average Bonchev–Trinajstić information content (AvgIpc) is 2.28. The second-order valence-corrected chi connectivity index (χ2v) is 5.22. The molecule has 0 aromatic heterocycles. The van der Waals surface area contributed by atoms with Crippen LogP contribution in [0.1, 0.15) is 31.1 Å². The molecule has 0 saturated carbocycles. The molecule has 1 amide bonds. The van der Waals surface area contributed by atoms with Gasteiger partial charge in [-0.15, -0.1) is 0 Å². The molecule has 0 radical (unpaired) electrons. The molecule has 0 heterocycles. The summed E-state index contributed by atoms with van der Waals surface area (Å²) in [5.41, 5.74) is -0.0152. The Balaban J connectivity index is 2.86. The van der Waals surface area contributed by atoms with Crippen LogP contribution in [0, 0.1) is 0 Å². The van der Waals surface area contributed by atoms with Crippen molar-refractivity contribution in [3.05, 3.63) is 28.8 Å². The van der Waals surface area contributed by atoms with Gasteiger partial charge < -0.3 is 9.47 Å². The lowest BCUT2D eigenvalue weighted by atomic mass is 10.2. The maximum Gasteiger partial charge on any atom is 0.412 e. The second-order valence-electron chi connectivity index (χ2n) is 4.81. The van der Waals surface area contributed by atoms with Crippen molar-refractivity contribution in [1.29, 1.82) is 0 Å². The smallest absolute Gasteiger partial charge is 0.412 e. The summed E-state index contributed by atoms with van der Waals surface area (Å²) in [6.45, 7) is 5.27. The van der Waals surface area contributed by atoms with Crippen LogP contribution >= 0.6 is 11.6 Å². The molecule has 0 fully saturated rings. The van der Waals surface area contributed by atoms with Gasteiger partial charge in [-0.25, -0.2) is 9.59 Å². The number of halogens is 1. The monoisotopic (exact) mass is 285 g/mol. The molecule has 104 valence electrons. The summed E-state index contributed by atoms with van der Waals surface area (Å²) in [4.78, 5) is 23.0. The van der Waals surface area contributed by atoms with Crippen LogP contribution < -0.4 is 5.32 Å². The Morgan fingerprint density at radius 2 is 1.89 bits per heavy atom. The number of hydrogen-bond donors (Lipinski definition) is 1. The molecule has 5 nitrogen and oxygen atoms in total. The second kappa shape index (κ2) is 5.93. The molecule has 0 aliphatic rings. The molecule has 1 aromatic carbocycles. The molecule has 0 atom stereocenters. The number of ether oxygens (including phenoxy) is 2. The van der Waals surface area contributed by atoms with Crippen molar-refractivity contribution in [2.24, 2.45) is 0 Å². The maximum absolute atomic E-state index is 11.6. The van der Waals surface area contributed by atoms with Gasteiger partial charge in [0.25, 0.3) is 0 Å². The van der Waals surface area contributed by atoms with Crippen molar-refractivity contribution in [3.8, 4) is 0 Å². The first-order chi connectivity index (χ1) is 8.73. The highest BCUT2D eigenvalue weighted by atomic mass is 35.5. The number of benzene rings is 1. The van der Waals surface area contributed by atoms with Crippen LogP contribution in [0.4, 0.5) is 10.5 Å². The number of carbonyl (C=O) groups is 2. The average molecular weight is 286 g/mol. The van der Waals surface area contributed by atoms with Crippen molar-refractivity contribution in [1.82, 2.24) is 0 Å². The summed E-state index contributed by atoms with van der Waals surface area (Å²) in [5, 5.41) is 2.77. The Kier molecular flexibility index (Phi) is 4.78. The summed E-state index contributed by atoms with van der Waals surface area (Å²) in [6.07, 6.45) is -0.606. The highest BCUT2D eigenvalue weighted by Crippen LogP contribution is 2.22. The normalized spacial score (nSPS) is 10.8. The van der Waals surface area contributed by atoms with Crippen molar-refractivity contribution in [3.63, 3.8) is 0 Å². The van der Waals surface area contributed by atoms with E-state index in [9.17, 15) is 9.59 Å². The minimum absolute atomic E-state index is 0.178. The van der Waals surface area contributed by atoms with Crippen LogP contribution in [0.15, 0.2) is 18.2 Å². The number of carbonyl (C=O) groups excluding carboxylic acids is 2. The lowest BCUT2D eigenvalue weighted by Gasteiger charge is -2.19. The number of amides is 1. The number of rotatable bonds is 2. The highest BCUT2D eigenvalue weighted by molar-refractivity contribution is 6.33. The van der Waals surface area contributed by atoms with E-state index in [1.165, 1.54) is 19.2 Å². The fourth-order valence-corrected chi connectivity index (χ4v) is 1.49. The van der Waals surface area contributed by atoms with E-state index in [1.807, 2.05) is 0 Å². The maximum atomic E-state index is 11.6. The number of esters is 1. The highest BCUT2D eigenvalue weighted by Gasteiger charge is 2.17. The number of anilines is 1. The number of methoxy groups -OCH3 is 1. The van der Waals surface area contributed by atoms with E-state index in [2.05, 4.69) is 10.1 Å². The minimum Gasteiger partial charge on any atom is -0.465 e. The molecular weight excluding hydrogens is 270 g/mol. The lowest BCUT2D eigenvalue weighted by molar-refractivity contribution is 0.0596. The first kappa shape index (κ1) is 15.3. The zero-order valence-corrected chi connectivity index (χ0v) is 12.0. The van der Waals surface area contributed by atoms with Crippen LogP contribution in [-0.4, -0.2) is 24.8 Å². The third kappa shape index (κ3) is 4.79. The van der Waals surface area contributed by atoms with Gasteiger partial charge in [-0.1, -0.05) is 11.6 Å². The SMILES string of the molecule is COC(=O)c1cc(NC(=O)OC(C)(C)C)ccc1Cl. The Morgan fingerprint density at radius 3 is 2.42 bits per heavy atom. The van der Waals surface area contributed by atoms with E-state index < -0.39 is 17.7 Å². The summed E-state index contributed by atoms with van der Waals surface area (Å²) >= 11 is 5.87. The van der Waals surface area contributed by atoms with Gasteiger partial charge in [0.1, 0.15) is 5.60 Å². The van der Waals surface area contributed by atoms with Gasteiger partial charge in [-0.3, -0.25) is 5.32 Å². The quantitative estimate of drug-likeness (QED) is 0.845. The number of nitrogens with one attached hydrogen (secondary N) is 1. The Labute approximate surface area is 116 Å². The van der Waals surface area contributed by atoms with Gasteiger partial charge in [0.15, 0.2) is 0 Å². The van der Waals surface area contributed by atoms with E-state index in [0.29, 0.717) is 5.69 Å². The van der Waals surface area contributed by atoms with Crippen molar-refractivity contribution >= 4 is 29.4 Å². The van der Waals surface area contributed by atoms with E-state index in [0.717, 1.165) is 0 Å². The van der Waals surface area contributed by atoms with Crippen LogP contribution in [-0.2, 0) is 9.47 Å². The first-order valence-corrected chi connectivity index (χ1v) is 5.98. The lowest BCUT2D eigenvalue weighted by Crippen LogP contribution is -2.27. The molecule has 6 heteroatoms. The predicted octanol–water partition coefficient (Wildman–Crippen LogP) is 3.47. The molecule has 0 spiro atoms.